The van der Waals surface area contributed by atoms with E-state index in [-0.39, 0.29) is 5.78 Å². The van der Waals surface area contributed by atoms with Crippen LogP contribution in [0.5, 0.6) is 0 Å². The number of Topliss-reactive ketones (excluding diaryl/α,β-unsaturated/α-hetero) is 1. The van der Waals surface area contributed by atoms with E-state index in [1.54, 1.807) is 24.3 Å². The van der Waals surface area contributed by atoms with Gasteiger partial charge in [0.05, 0.1) is 0 Å². The monoisotopic (exact) mass is 274 g/mol. The molecule has 0 aliphatic carbocycles. The molecule has 0 amide bonds. The molecule has 2 N–H and O–H groups in total. The number of nitrogen functional groups attached to an aromatic ring is 1. The summed E-state index contributed by atoms with van der Waals surface area (Å²) < 4.78 is 0. The highest BCUT2D eigenvalue weighted by molar-refractivity contribution is 7.09. The molecule has 4 heteroatoms. The Morgan fingerprint density at radius 2 is 2.16 bits per heavy atom. The van der Waals surface area contributed by atoms with E-state index in [4.69, 9.17) is 5.73 Å². The molecule has 0 bridgehead atoms. The molecule has 0 fully saturated rings. The lowest BCUT2D eigenvalue weighted by molar-refractivity contribution is 0.101. The molecular formula is C15H18N2OS. The van der Waals surface area contributed by atoms with Gasteiger partial charge in [0.15, 0.2) is 5.78 Å². The van der Waals surface area contributed by atoms with E-state index < -0.39 is 0 Å². The van der Waals surface area contributed by atoms with Gasteiger partial charge in [-0.05, 0) is 43.0 Å². The summed E-state index contributed by atoms with van der Waals surface area (Å²) in [7, 11) is 2.03. The van der Waals surface area contributed by atoms with Gasteiger partial charge in [0.1, 0.15) is 0 Å². The van der Waals surface area contributed by atoms with Crippen LogP contribution >= 0.6 is 11.3 Å². The van der Waals surface area contributed by atoms with Crippen LogP contribution < -0.4 is 10.6 Å². The summed E-state index contributed by atoms with van der Waals surface area (Å²) in [5, 5.41) is 2.09. The first kappa shape index (κ1) is 13.6. The minimum Gasteiger partial charge on any atom is -0.398 e. The van der Waals surface area contributed by atoms with Gasteiger partial charge in [-0.15, -0.1) is 11.3 Å². The number of carbonyl (C=O) groups excluding carboxylic acids is 1. The van der Waals surface area contributed by atoms with Gasteiger partial charge in [-0.2, -0.15) is 0 Å². The van der Waals surface area contributed by atoms with Gasteiger partial charge in [-0.3, -0.25) is 4.79 Å². The number of thiophene rings is 1. The number of likely N-dealkylation sites (N-methyl/N-ethyl adjacent to an activating group) is 1. The zero-order chi connectivity index (χ0) is 13.8. The zero-order valence-corrected chi connectivity index (χ0v) is 12.0. The van der Waals surface area contributed by atoms with Gasteiger partial charge in [-0.25, -0.2) is 0 Å². The van der Waals surface area contributed by atoms with Crippen molar-refractivity contribution in [3.8, 4) is 0 Å². The second kappa shape index (κ2) is 5.89. The maximum Gasteiger partial charge on any atom is 0.161 e. The van der Waals surface area contributed by atoms with Crippen molar-refractivity contribution >= 4 is 28.5 Å². The number of hydrogen-bond donors (Lipinski definition) is 1. The van der Waals surface area contributed by atoms with E-state index in [9.17, 15) is 4.79 Å². The van der Waals surface area contributed by atoms with Crippen LogP contribution in [0.15, 0.2) is 35.7 Å². The van der Waals surface area contributed by atoms with E-state index in [0.29, 0.717) is 11.3 Å². The van der Waals surface area contributed by atoms with Crippen LogP contribution in [0.2, 0.25) is 0 Å². The van der Waals surface area contributed by atoms with E-state index >= 15 is 0 Å². The van der Waals surface area contributed by atoms with Gasteiger partial charge < -0.3 is 10.6 Å². The summed E-state index contributed by atoms with van der Waals surface area (Å²) in [6.07, 6.45) is 1.01. The standard InChI is InChI=1S/C15H18N2OS/c1-11(18)14-10-12(5-6-15(14)16)17(2)8-7-13-4-3-9-19-13/h3-6,9-10H,7-8,16H2,1-2H3. The summed E-state index contributed by atoms with van der Waals surface area (Å²) in [6, 6.07) is 9.83. The van der Waals surface area contributed by atoms with E-state index in [1.807, 2.05) is 19.2 Å². The molecule has 0 spiro atoms. The molecule has 0 radical (unpaired) electrons. The molecule has 19 heavy (non-hydrogen) atoms. The summed E-state index contributed by atoms with van der Waals surface area (Å²) >= 11 is 1.77. The van der Waals surface area contributed by atoms with Crippen molar-refractivity contribution in [2.24, 2.45) is 0 Å². The van der Waals surface area contributed by atoms with E-state index in [1.165, 1.54) is 4.88 Å². The molecule has 100 valence electrons. The fraction of sp³-hybridized carbons (Fsp3) is 0.267. The largest absolute Gasteiger partial charge is 0.398 e. The molecule has 2 rings (SSSR count). The van der Waals surface area contributed by atoms with Gasteiger partial charge in [-0.1, -0.05) is 6.07 Å². The van der Waals surface area contributed by atoms with Crippen molar-refractivity contribution in [1.82, 2.24) is 0 Å². The van der Waals surface area contributed by atoms with Gasteiger partial charge in [0.25, 0.3) is 0 Å². The quantitative estimate of drug-likeness (QED) is 0.672. The molecule has 0 aliphatic rings. The number of benzene rings is 1. The average Bonchev–Trinajstić information content (AvgIpc) is 2.89. The lowest BCUT2D eigenvalue weighted by Gasteiger charge is -2.20. The fourth-order valence-corrected chi connectivity index (χ4v) is 2.65. The topological polar surface area (TPSA) is 46.3 Å². The molecule has 0 saturated heterocycles. The molecular weight excluding hydrogens is 256 g/mol. The van der Waals surface area contributed by atoms with Crippen molar-refractivity contribution in [1.29, 1.82) is 0 Å². The lowest BCUT2D eigenvalue weighted by Crippen LogP contribution is -2.20. The Hall–Kier alpha value is -1.81. The van der Waals surface area contributed by atoms with Crippen LogP contribution in [-0.4, -0.2) is 19.4 Å². The fourth-order valence-electron chi connectivity index (χ4n) is 1.95. The molecule has 1 aromatic carbocycles. The summed E-state index contributed by atoms with van der Waals surface area (Å²) in [6.45, 7) is 2.46. The molecule has 2 aromatic rings. The minimum atomic E-state index is 0.00556. The van der Waals surface area contributed by atoms with E-state index in [2.05, 4.69) is 22.4 Å². The van der Waals surface area contributed by atoms with Crippen LogP contribution in [0.1, 0.15) is 22.2 Å². The number of carbonyl (C=O) groups is 1. The van der Waals surface area contributed by atoms with Crippen molar-refractivity contribution in [3.63, 3.8) is 0 Å². The number of nitrogens with two attached hydrogens (primary N) is 1. The third-order valence-corrected chi connectivity index (χ3v) is 4.07. The van der Waals surface area contributed by atoms with E-state index in [0.717, 1.165) is 18.7 Å². The number of rotatable bonds is 5. The predicted molar refractivity (Wildman–Crippen MR) is 82.2 cm³/mol. The van der Waals surface area contributed by atoms with Crippen LogP contribution in [0.25, 0.3) is 0 Å². The second-order valence-electron chi connectivity index (χ2n) is 4.58. The highest BCUT2D eigenvalue weighted by atomic mass is 32.1. The Kier molecular flexibility index (Phi) is 4.22. The number of anilines is 2. The van der Waals surface area contributed by atoms with Crippen LogP contribution in [0.3, 0.4) is 0 Å². The Morgan fingerprint density at radius 1 is 1.37 bits per heavy atom. The van der Waals surface area contributed by atoms with Crippen molar-refractivity contribution < 1.29 is 4.79 Å². The normalized spacial score (nSPS) is 10.4. The number of nitrogens with zero attached hydrogens (tertiary/aromatic N) is 1. The molecule has 3 nitrogen and oxygen atoms in total. The lowest BCUT2D eigenvalue weighted by atomic mass is 10.1. The Balaban J connectivity index is 2.08. The van der Waals surface area contributed by atoms with Crippen LogP contribution in [0, 0.1) is 0 Å². The highest BCUT2D eigenvalue weighted by Crippen LogP contribution is 2.21. The molecule has 0 saturated carbocycles. The minimum absolute atomic E-state index is 0.00556. The Bertz CT molecular complexity index is 564. The maximum atomic E-state index is 11.5. The van der Waals surface area contributed by atoms with Crippen molar-refractivity contribution in [3.05, 3.63) is 46.2 Å². The second-order valence-corrected chi connectivity index (χ2v) is 5.61. The third kappa shape index (κ3) is 3.35. The molecule has 1 heterocycles. The van der Waals surface area contributed by atoms with Gasteiger partial charge in [0, 0.05) is 35.4 Å². The van der Waals surface area contributed by atoms with Gasteiger partial charge in [0.2, 0.25) is 0 Å². The molecule has 0 atom stereocenters. The average molecular weight is 274 g/mol. The summed E-state index contributed by atoms with van der Waals surface area (Å²) in [4.78, 5) is 15.0. The molecule has 1 aromatic heterocycles. The number of hydrogen-bond acceptors (Lipinski definition) is 4. The predicted octanol–water partition coefficient (Wildman–Crippen LogP) is 3.21. The van der Waals surface area contributed by atoms with Crippen molar-refractivity contribution in [2.75, 3.05) is 24.2 Å². The third-order valence-electron chi connectivity index (χ3n) is 3.13. The maximum absolute atomic E-state index is 11.5. The van der Waals surface area contributed by atoms with Crippen LogP contribution in [0.4, 0.5) is 11.4 Å². The Labute approximate surface area is 117 Å². The highest BCUT2D eigenvalue weighted by Gasteiger charge is 2.08. The van der Waals surface area contributed by atoms with Crippen molar-refractivity contribution in [2.45, 2.75) is 13.3 Å². The summed E-state index contributed by atoms with van der Waals surface area (Å²) in [5.41, 5.74) is 7.97. The Morgan fingerprint density at radius 3 is 2.79 bits per heavy atom. The summed E-state index contributed by atoms with van der Waals surface area (Å²) in [5.74, 6) is 0.00556. The smallest absolute Gasteiger partial charge is 0.161 e. The first-order valence-electron chi connectivity index (χ1n) is 6.22. The zero-order valence-electron chi connectivity index (χ0n) is 11.2. The van der Waals surface area contributed by atoms with Gasteiger partial charge >= 0.3 is 0 Å². The SMILES string of the molecule is CC(=O)c1cc(N(C)CCc2cccs2)ccc1N. The number of ketones is 1. The molecule has 0 aliphatic heterocycles. The van der Waals surface area contributed by atoms with Crippen LogP contribution in [-0.2, 0) is 6.42 Å². The first-order chi connectivity index (χ1) is 9.08. The first-order valence-corrected chi connectivity index (χ1v) is 7.10. The molecule has 0 unspecified atom stereocenters.